The topological polar surface area (TPSA) is 90.9 Å². The number of methoxy groups -OCH3 is 1. The van der Waals surface area contributed by atoms with E-state index in [9.17, 15) is 4.39 Å². The molecule has 3 N–H and O–H groups in total. The molecule has 0 amide bonds. The van der Waals surface area contributed by atoms with Crippen molar-refractivity contribution in [1.29, 1.82) is 0 Å². The van der Waals surface area contributed by atoms with Crippen LogP contribution >= 0.6 is 24.0 Å². The summed E-state index contributed by atoms with van der Waals surface area (Å²) >= 11 is 6.23. The van der Waals surface area contributed by atoms with Gasteiger partial charge in [0, 0.05) is 30.1 Å². The van der Waals surface area contributed by atoms with Crippen LogP contribution in [0.15, 0.2) is 12.4 Å². The Kier molecular flexibility index (Phi) is 5.65. The molecule has 1 aliphatic rings. The number of fused-ring (bicyclic) bond motifs is 1. The van der Waals surface area contributed by atoms with Gasteiger partial charge in [-0.25, -0.2) is 19.0 Å². The van der Waals surface area contributed by atoms with Gasteiger partial charge in [-0.2, -0.15) is 5.10 Å². The molecule has 1 aromatic carbocycles. The molecule has 4 rings (SSSR count). The van der Waals surface area contributed by atoms with Crippen molar-refractivity contribution < 1.29 is 9.13 Å². The first-order valence-corrected chi connectivity index (χ1v) is 9.03. The number of ether oxygens (including phenoxy) is 1. The number of aromatic nitrogens is 4. The minimum Gasteiger partial charge on any atom is -0.496 e. The van der Waals surface area contributed by atoms with Crippen LogP contribution in [0.4, 0.5) is 10.2 Å². The molecular formula is C18H21Cl2FN6O. The van der Waals surface area contributed by atoms with Crippen molar-refractivity contribution in [2.24, 2.45) is 0 Å². The van der Waals surface area contributed by atoms with Crippen LogP contribution in [0.3, 0.4) is 0 Å². The van der Waals surface area contributed by atoms with Gasteiger partial charge in [0.05, 0.1) is 29.3 Å². The summed E-state index contributed by atoms with van der Waals surface area (Å²) in [7, 11) is 1.54. The monoisotopic (exact) mass is 426 g/mol. The van der Waals surface area contributed by atoms with Crippen LogP contribution in [0.5, 0.6) is 5.75 Å². The summed E-state index contributed by atoms with van der Waals surface area (Å²) in [5.41, 5.74) is 8.58. The fourth-order valence-corrected chi connectivity index (χ4v) is 3.84. The van der Waals surface area contributed by atoms with Gasteiger partial charge < -0.3 is 15.8 Å². The average Bonchev–Trinajstić information content (AvgIpc) is 2.94. The van der Waals surface area contributed by atoms with E-state index in [2.05, 4.69) is 20.4 Å². The molecule has 1 saturated heterocycles. The van der Waals surface area contributed by atoms with E-state index in [0.717, 1.165) is 11.3 Å². The van der Waals surface area contributed by atoms with Gasteiger partial charge in [-0.3, -0.25) is 0 Å². The molecule has 1 unspecified atom stereocenters. The van der Waals surface area contributed by atoms with Gasteiger partial charge in [0.15, 0.2) is 5.65 Å². The second-order valence-electron chi connectivity index (χ2n) is 6.73. The van der Waals surface area contributed by atoms with E-state index in [1.807, 2.05) is 13.8 Å². The minimum absolute atomic E-state index is 0. The largest absolute Gasteiger partial charge is 0.496 e. The van der Waals surface area contributed by atoms with Crippen molar-refractivity contribution >= 4 is 40.9 Å². The van der Waals surface area contributed by atoms with Gasteiger partial charge in [0.1, 0.15) is 23.7 Å². The lowest BCUT2D eigenvalue weighted by molar-refractivity contribution is 0.365. The highest BCUT2D eigenvalue weighted by Crippen LogP contribution is 2.42. The summed E-state index contributed by atoms with van der Waals surface area (Å²) in [4.78, 5) is 8.38. The predicted octanol–water partition coefficient (Wildman–Crippen LogP) is 3.24. The van der Waals surface area contributed by atoms with E-state index in [-0.39, 0.29) is 29.4 Å². The van der Waals surface area contributed by atoms with Gasteiger partial charge in [0.2, 0.25) is 0 Å². The Bertz CT molecular complexity index is 1040. The summed E-state index contributed by atoms with van der Waals surface area (Å²) in [6.07, 6.45) is 1.41. The zero-order chi connectivity index (χ0) is 19.3. The normalized spacial score (nSPS) is 15.2. The number of nitrogens with two attached hydrogens (primary N) is 1. The van der Waals surface area contributed by atoms with Crippen LogP contribution in [0.25, 0.3) is 11.0 Å². The Morgan fingerprint density at radius 1 is 1.39 bits per heavy atom. The van der Waals surface area contributed by atoms with Gasteiger partial charge in [0.25, 0.3) is 0 Å². The van der Waals surface area contributed by atoms with Crippen molar-refractivity contribution in [3.63, 3.8) is 0 Å². The maximum absolute atomic E-state index is 14.8. The number of aryl methyl sites for hydroxylation is 1. The zero-order valence-corrected chi connectivity index (χ0v) is 17.2. The smallest absolute Gasteiger partial charge is 0.164 e. The summed E-state index contributed by atoms with van der Waals surface area (Å²) in [5.74, 6) is 0.475. The number of anilines is 1. The van der Waals surface area contributed by atoms with E-state index in [0.29, 0.717) is 41.3 Å². The molecule has 7 nitrogen and oxygen atoms in total. The van der Waals surface area contributed by atoms with Crippen molar-refractivity contribution in [2.75, 3.05) is 25.9 Å². The molecule has 1 fully saturated rings. The highest BCUT2D eigenvalue weighted by Gasteiger charge is 2.31. The standard InChI is InChI=1S/C18H20ClFN6O.ClH/c1-8-13-17(21)23-7-24-18(13)26(25-8)9(2)11-4-12(19)15(20)14(16(11)27-3)10-5-22-6-10;/h4,7,9-10,22H,5-6H2,1-3H3,(H2,21,23,24);1H. The third-order valence-electron chi connectivity index (χ3n) is 5.14. The lowest BCUT2D eigenvalue weighted by Crippen LogP contribution is -2.40. The van der Waals surface area contributed by atoms with Crippen LogP contribution in [-0.4, -0.2) is 39.9 Å². The van der Waals surface area contributed by atoms with Crippen molar-refractivity contribution in [3.05, 3.63) is 40.1 Å². The third kappa shape index (κ3) is 3.05. The summed E-state index contributed by atoms with van der Waals surface area (Å²) < 4.78 is 22.2. The SMILES string of the molecule is COc1c(C(C)n2nc(C)c3c(N)ncnc32)cc(Cl)c(F)c1C1CNC1.Cl. The molecule has 0 spiro atoms. The van der Waals surface area contributed by atoms with E-state index >= 15 is 0 Å². The molecule has 0 aliphatic carbocycles. The predicted molar refractivity (Wildman–Crippen MR) is 109 cm³/mol. The van der Waals surface area contributed by atoms with Crippen LogP contribution in [-0.2, 0) is 0 Å². The maximum atomic E-state index is 14.8. The maximum Gasteiger partial charge on any atom is 0.164 e. The van der Waals surface area contributed by atoms with Crippen LogP contribution in [0.1, 0.15) is 35.7 Å². The first-order valence-electron chi connectivity index (χ1n) is 8.65. The lowest BCUT2D eigenvalue weighted by atomic mass is 9.89. The summed E-state index contributed by atoms with van der Waals surface area (Å²) in [6, 6.07) is 1.30. The molecule has 28 heavy (non-hydrogen) atoms. The van der Waals surface area contributed by atoms with Gasteiger partial charge in [-0.1, -0.05) is 11.6 Å². The van der Waals surface area contributed by atoms with E-state index in [4.69, 9.17) is 22.1 Å². The highest BCUT2D eigenvalue weighted by atomic mass is 35.5. The number of nitrogens with zero attached hydrogens (tertiary/aromatic N) is 4. The molecule has 1 aliphatic heterocycles. The van der Waals surface area contributed by atoms with Crippen LogP contribution in [0, 0.1) is 12.7 Å². The number of nitrogens with one attached hydrogen (secondary N) is 1. The third-order valence-corrected chi connectivity index (χ3v) is 5.41. The molecule has 0 saturated carbocycles. The fraction of sp³-hybridized carbons (Fsp3) is 0.389. The number of rotatable bonds is 4. The molecule has 10 heteroatoms. The molecule has 3 aromatic rings. The van der Waals surface area contributed by atoms with Gasteiger partial charge in [-0.15, -0.1) is 12.4 Å². The molecular weight excluding hydrogens is 406 g/mol. The number of benzene rings is 1. The van der Waals surface area contributed by atoms with Crippen molar-refractivity contribution in [3.8, 4) is 5.75 Å². The molecule has 1 atom stereocenters. The molecule has 150 valence electrons. The van der Waals surface area contributed by atoms with Gasteiger partial charge in [-0.05, 0) is 19.9 Å². The Balaban J connectivity index is 0.00000225. The van der Waals surface area contributed by atoms with E-state index in [1.54, 1.807) is 17.9 Å². The Labute approximate surface area is 172 Å². The number of halogens is 3. The highest BCUT2D eigenvalue weighted by molar-refractivity contribution is 6.31. The number of nitrogen functional groups attached to an aromatic ring is 1. The lowest BCUT2D eigenvalue weighted by Gasteiger charge is -2.31. The Hall–Kier alpha value is -2.16. The quantitative estimate of drug-likeness (QED) is 0.665. The molecule has 0 radical (unpaired) electrons. The van der Waals surface area contributed by atoms with Crippen molar-refractivity contribution in [2.45, 2.75) is 25.8 Å². The zero-order valence-electron chi connectivity index (χ0n) is 15.7. The van der Waals surface area contributed by atoms with Gasteiger partial charge >= 0.3 is 0 Å². The Morgan fingerprint density at radius 3 is 2.71 bits per heavy atom. The average molecular weight is 427 g/mol. The second-order valence-corrected chi connectivity index (χ2v) is 7.13. The molecule has 0 bridgehead atoms. The van der Waals surface area contributed by atoms with E-state index < -0.39 is 5.82 Å². The molecule has 2 aromatic heterocycles. The van der Waals surface area contributed by atoms with Crippen LogP contribution in [0.2, 0.25) is 5.02 Å². The number of hydrogen-bond donors (Lipinski definition) is 2. The summed E-state index contributed by atoms with van der Waals surface area (Å²) in [6.45, 7) is 5.18. The first-order chi connectivity index (χ1) is 12.9. The number of hydrogen-bond acceptors (Lipinski definition) is 6. The van der Waals surface area contributed by atoms with Crippen LogP contribution < -0.4 is 15.8 Å². The molecule has 3 heterocycles. The minimum atomic E-state index is -0.427. The second kappa shape index (κ2) is 7.69. The van der Waals surface area contributed by atoms with E-state index in [1.165, 1.54) is 6.33 Å². The first kappa shape index (κ1) is 20.6. The van der Waals surface area contributed by atoms with Crippen molar-refractivity contribution in [1.82, 2.24) is 25.1 Å². The Morgan fingerprint density at radius 2 is 2.11 bits per heavy atom. The summed E-state index contributed by atoms with van der Waals surface area (Å²) in [5, 5.41) is 8.53. The fourth-order valence-electron chi connectivity index (χ4n) is 3.62.